The average molecular weight is 485 g/mol. The van der Waals surface area contributed by atoms with Gasteiger partial charge in [-0.25, -0.2) is 9.69 Å². The number of amides is 3. The molecule has 0 aromatic heterocycles. The van der Waals surface area contributed by atoms with Gasteiger partial charge in [0.25, 0.3) is 5.91 Å². The van der Waals surface area contributed by atoms with Crippen LogP contribution in [-0.4, -0.2) is 77.9 Å². The fraction of sp³-hybridized carbons (Fsp3) is 0.615. The van der Waals surface area contributed by atoms with E-state index in [0.717, 1.165) is 38.8 Å². The number of nitrogens with zero attached hydrogens (tertiary/aromatic N) is 3. The summed E-state index contributed by atoms with van der Waals surface area (Å²) in [5.41, 5.74) is 6.06. The van der Waals surface area contributed by atoms with E-state index in [0.29, 0.717) is 43.8 Å². The molecule has 3 aliphatic rings. The molecule has 1 aromatic carbocycles. The number of imide groups is 1. The highest BCUT2D eigenvalue weighted by molar-refractivity contribution is 6.22. The Labute approximate surface area is 206 Å². The second kappa shape index (κ2) is 10.9. The molecule has 1 atom stereocenters. The van der Waals surface area contributed by atoms with Crippen LogP contribution < -0.4 is 10.6 Å². The van der Waals surface area contributed by atoms with Crippen molar-refractivity contribution < 1.29 is 23.9 Å². The lowest BCUT2D eigenvalue weighted by Crippen LogP contribution is -2.64. The first-order chi connectivity index (χ1) is 16.9. The first kappa shape index (κ1) is 25.3. The summed E-state index contributed by atoms with van der Waals surface area (Å²) in [6.45, 7) is 5.22. The number of nitrogens with two attached hydrogens (primary N) is 1. The number of hydrogen-bond donors (Lipinski definition) is 1. The van der Waals surface area contributed by atoms with Crippen LogP contribution in [0.25, 0.3) is 0 Å². The van der Waals surface area contributed by atoms with Crippen molar-refractivity contribution in [2.75, 3.05) is 37.7 Å². The smallest absolute Gasteiger partial charge is 0.338 e. The van der Waals surface area contributed by atoms with Crippen molar-refractivity contribution in [3.05, 3.63) is 29.8 Å². The van der Waals surface area contributed by atoms with Gasteiger partial charge >= 0.3 is 5.97 Å². The number of benzene rings is 1. The molecule has 3 heterocycles. The third-order valence-electron chi connectivity index (χ3n) is 7.70. The molecule has 0 bridgehead atoms. The van der Waals surface area contributed by atoms with Crippen molar-refractivity contribution in [1.29, 1.82) is 0 Å². The number of primary amides is 1. The highest BCUT2D eigenvalue weighted by Gasteiger charge is 2.49. The van der Waals surface area contributed by atoms with E-state index in [1.165, 1.54) is 11.3 Å². The predicted molar refractivity (Wildman–Crippen MR) is 131 cm³/mol. The molecular formula is C26H36N4O5. The van der Waals surface area contributed by atoms with Gasteiger partial charge in [-0.05, 0) is 69.5 Å². The Balaban J connectivity index is 1.40. The summed E-state index contributed by atoms with van der Waals surface area (Å²) in [5, 5.41) is 0. The molecule has 2 N–H and O–H groups in total. The first-order valence-electron chi connectivity index (χ1n) is 12.8. The molecule has 190 valence electrons. The topological polar surface area (TPSA) is 113 Å². The molecule has 9 nitrogen and oxygen atoms in total. The average Bonchev–Trinajstić information content (AvgIpc) is 3.18. The molecule has 3 amide bonds. The van der Waals surface area contributed by atoms with E-state index in [2.05, 4.69) is 4.90 Å². The summed E-state index contributed by atoms with van der Waals surface area (Å²) in [6.07, 6.45) is 6.28. The predicted octanol–water partition coefficient (Wildman–Crippen LogP) is 2.08. The van der Waals surface area contributed by atoms with E-state index in [9.17, 15) is 19.2 Å². The van der Waals surface area contributed by atoms with Gasteiger partial charge in [-0.15, -0.1) is 0 Å². The second-order valence-electron chi connectivity index (χ2n) is 9.80. The molecule has 0 aliphatic carbocycles. The fourth-order valence-electron chi connectivity index (χ4n) is 5.56. The van der Waals surface area contributed by atoms with E-state index in [1.54, 1.807) is 24.3 Å². The van der Waals surface area contributed by atoms with Crippen LogP contribution in [0.1, 0.15) is 68.6 Å². The van der Waals surface area contributed by atoms with Crippen molar-refractivity contribution in [2.24, 2.45) is 5.73 Å². The molecule has 3 saturated heterocycles. The van der Waals surface area contributed by atoms with Gasteiger partial charge in [0.2, 0.25) is 11.8 Å². The zero-order valence-electron chi connectivity index (χ0n) is 20.5. The minimum atomic E-state index is -0.663. The Morgan fingerprint density at radius 3 is 2.29 bits per heavy atom. The van der Waals surface area contributed by atoms with Crippen LogP contribution in [0, 0.1) is 0 Å². The van der Waals surface area contributed by atoms with Crippen molar-refractivity contribution in [2.45, 2.75) is 69.9 Å². The molecule has 9 heteroatoms. The third kappa shape index (κ3) is 5.11. The maximum absolute atomic E-state index is 13.3. The summed E-state index contributed by atoms with van der Waals surface area (Å²) in [4.78, 5) is 56.2. The molecule has 0 radical (unpaired) electrons. The van der Waals surface area contributed by atoms with Crippen LogP contribution in [0.5, 0.6) is 0 Å². The third-order valence-corrected chi connectivity index (χ3v) is 7.70. The molecule has 1 aromatic rings. The summed E-state index contributed by atoms with van der Waals surface area (Å²) in [7, 11) is 0. The molecule has 0 spiro atoms. The maximum Gasteiger partial charge on any atom is 0.338 e. The van der Waals surface area contributed by atoms with Gasteiger partial charge in [0.05, 0.1) is 30.3 Å². The minimum Gasteiger partial charge on any atom is -0.462 e. The number of rotatable bonds is 8. The van der Waals surface area contributed by atoms with Gasteiger partial charge in [0.1, 0.15) is 5.54 Å². The summed E-state index contributed by atoms with van der Waals surface area (Å²) in [6, 6.07) is 5.84. The first-order valence-corrected chi connectivity index (χ1v) is 12.8. The van der Waals surface area contributed by atoms with E-state index in [1.807, 2.05) is 11.8 Å². The minimum absolute atomic E-state index is 0.104. The van der Waals surface area contributed by atoms with Crippen LogP contribution >= 0.6 is 0 Å². The number of hydrogen-bond acceptors (Lipinski definition) is 7. The normalized spacial score (nSPS) is 23.5. The fourth-order valence-corrected chi connectivity index (χ4v) is 5.56. The monoisotopic (exact) mass is 484 g/mol. The van der Waals surface area contributed by atoms with Gasteiger partial charge in [-0.2, -0.15) is 0 Å². The number of likely N-dealkylation sites (tertiary alicyclic amines) is 2. The number of carbonyl (C=O) groups excluding carboxylic acids is 4. The number of esters is 1. The molecule has 0 saturated carbocycles. The van der Waals surface area contributed by atoms with Crippen LogP contribution in [-0.2, 0) is 19.1 Å². The van der Waals surface area contributed by atoms with E-state index >= 15 is 0 Å². The Morgan fingerprint density at radius 1 is 1.03 bits per heavy atom. The van der Waals surface area contributed by atoms with Gasteiger partial charge in [-0.1, -0.05) is 19.8 Å². The number of unbranched alkanes of at least 4 members (excludes halogenated alkanes) is 1. The van der Waals surface area contributed by atoms with Gasteiger partial charge in [0, 0.05) is 13.1 Å². The van der Waals surface area contributed by atoms with Crippen LogP contribution in [0.15, 0.2) is 24.3 Å². The van der Waals surface area contributed by atoms with Crippen molar-refractivity contribution in [3.63, 3.8) is 0 Å². The highest BCUT2D eigenvalue weighted by Crippen LogP contribution is 2.34. The zero-order valence-corrected chi connectivity index (χ0v) is 20.5. The van der Waals surface area contributed by atoms with E-state index < -0.39 is 17.6 Å². The van der Waals surface area contributed by atoms with Crippen LogP contribution in [0.2, 0.25) is 0 Å². The van der Waals surface area contributed by atoms with Gasteiger partial charge in [-0.3, -0.25) is 24.2 Å². The highest BCUT2D eigenvalue weighted by atomic mass is 16.5. The summed E-state index contributed by atoms with van der Waals surface area (Å²) in [5.74, 6) is -1.23. The lowest BCUT2D eigenvalue weighted by Gasteiger charge is -2.48. The Bertz CT molecular complexity index is 949. The summed E-state index contributed by atoms with van der Waals surface area (Å²) < 4.78 is 5.22. The lowest BCUT2D eigenvalue weighted by molar-refractivity contribution is -0.136. The second-order valence-corrected chi connectivity index (χ2v) is 9.80. The lowest BCUT2D eigenvalue weighted by atomic mass is 9.83. The molecule has 3 fully saturated rings. The Hall–Kier alpha value is -2.78. The molecule has 4 rings (SSSR count). The molecule has 35 heavy (non-hydrogen) atoms. The Morgan fingerprint density at radius 2 is 1.69 bits per heavy atom. The number of anilines is 1. The van der Waals surface area contributed by atoms with Crippen molar-refractivity contribution >= 4 is 29.4 Å². The SMILES string of the molecule is CCCCOC(=O)c1ccc(N2C(=O)C[C@H](N3CCC(C(N)=O)(N4CCCCC4)CC3)C2=O)cc1. The van der Waals surface area contributed by atoms with Gasteiger partial charge < -0.3 is 10.5 Å². The van der Waals surface area contributed by atoms with Crippen molar-refractivity contribution in [3.8, 4) is 0 Å². The molecule has 3 aliphatic heterocycles. The molecule has 0 unspecified atom stereocenters. The Kier molecular flexibility index (Phi) is 7.86. The zero-order chi connectivity index (χ0) is 25.0. The number of piperidine rings is 2. The molecular weight excluding hydrogens is 448 g/mol. The van der Waals surface area contributed by atoms with Crippen molar-refractivity contribution in [1.82, 2.24) is 9.80 Å². The standard InChI is InChI=1S/C26H36N4O5/c1-2-3-17-35-24(33)19-7-9-20(10-8-19)30-22(31)18-21(23(30)32)28-15-11-26(12-16-28,25(27)34)29-13-5-4-6-14-29/h7-10,21H,2-6,11-18H2,1H3,(H2,27,34)/t21-/m0/s1. The van der Waals surface area contributed by atoms with E-state index in [-0.39, 0.29) is 24.1 Å². The summed E-state index contributed by atoms with van der Waals surface area (Å²) >= 11 is 0. The van der Waals surface area contributed by atoms with E-state index in [4.69, 9.17) is 10.5 Å². The quantitative estimate of drug-likeness (QED) is 0.341. The number of ether oxygens (including phenoxy) is 1. The largest absolute Gasteiger partial charge is 0.462 e. The van der Waals surface area contributed by atoms with Gasteiger partial charge in [0.15, 0.2) is 0 Å². The van der Waals surface area contributed by atoms with Crippen LogP contribution in [0.3, 0.4) is 0 Å². The maximum atomic E-state index is 13.3. The number of carbonyl (C=O) groups is 4. The van der Waals surface area contributed by atoms with Crippen LogP contribution in [0.4, 0.5) is 5.69 Å².